The third kappa shape index (κ3) is 4.60. The van der Waals surface area contributed by atoms with E-state index >= 15 is 0 Å². The molecular weight excluding hydrogens is 458 g/mol. The third-order valence-electron chi connectivity index (χ3n) is 6.23. The average Bonchev–Trinajstić information content (AvgIpc) is 2.84. The van der Waals surface area contributed by atoms with E-state index < -0.39 is 15.9 Å². The topological polar surface area (TPSA) is 105 Å². The molecular formula is C24H29N3O6S. The Kier molecular flexibility index (Phi) is 6.81. The highest BCUT2D eigenvalue weighted by Gasteiger charge is 2.36. The number of nitrogens with one attached hydrogen (secondary N) is 1. The standard InChI is InChI=1S/C24H29N3O6S/c1-4-27(18-7-9-19(32-3)10-8-18)24(29)17-6-5-11-26(14-17)34(30,31)22-13-21-20(12-16(22)2)25-23(28)15-33-21/h7-10,12-13,17H,4-6,11,14-15H2,1-3H3,(H,25,28)/t17-/m0/s1. The summed E-state index contributed by atoms with van der Waals surface area (Å²) in [6, 6.07) is 10.3. The van der Waals surface area contributed by atoms with Crippen molar-refractivity contribution < 1.29 is 27.5 Å². The molecule has 0 unspecified atom stereocenters. The number of piperidine rings is 1. The van der Waals surface area contributed by atoms with Gasteiger partial charge in [-0.05, 0) is 62.6 Å². The number of benzene rings is 2. The summed E-state index contributed by atoms with van der Waals surface area (Å²) in [4.78, 5) is 26.8. The normalized spacial score (nSPS) is 18.4. The van der Waals surface area contributed by atoms with Crippen molar-refractivity contribution in [2.75, 3.05) is 43.6 Å². The predicted octanol–water partition coefficient (Wildman–Crippen LogP) is 2.79. The Morgan fingerprint density at radius 1 is 1.26 bits per heavy atom. The number of anilines is 2. The van der Waals surface area contributed by atoms with E-state index in [-0.39, 0.29) is 29.9 Å². The molecule has 2 aliphatic rings. The van der Waals surface area contributed by atoms with E-state index in [1.807, 2.05) is 19.1 Å². The number of hydrogen-bond acceptors (Lipinski definition) is 6. The molecule has 4 rings (SSSR count). The first-order chi connectivity index (χ1) is 16.2. The largest absolute Gasteiger partial charge is 0.497 e. The minimum Gasteiger partial charge on any atom is -0.497 e. The zero-order valence-corrected chi connectivity index (χ0v) is 20.4. The Morgan fingerprint density at radius 3 is 2.68 bits per heavy atom. The lowest BCUT2D eigenvalue weighted by Crippen LogP contribution is -2.47. The highest BCUT2D eigenvalue weighted by Crippen LogP contribution is 2.35. The molecule has 1 fully saturated rings. The summed E-state index contributed by atoms with van der Waals surface area (Å²) in [5.41, 5.74) is 1.71. The van der Waals surface area contributed by atoms with E-state index in [0.29, 0.717) is 48.7 Å². The van der Waals surface area contributed by atoms with Crippen LogP contribution in [0.25, 0.3) is 0 Å². The molecule has 34 heavy (non-hydrogen) atoms. The van der Waals surface area contributed by atoms with E-state index in [1.165, 1.54) is 10.4 Å². The molecule has 2 heterocycles. The van der Waals surface area contributed by atoms with Crippen LogP contribution in [0.3, 0.4) is 0 Å². The maximum absolute atomic E-state index is 13.6. The Hall–Kier alpha value is -3.11. The predicted molar refractivity (Wildman–Crippen MR) is 128 cm³/mol. The van der Waals surface area contributed by atoms with E-state index in [9.17, 15) is 18.0 Å². The van der Waals surface area contributed by atoms with Crippen LogP contribution in [0.1, 0.15) is 25.3 Å². The zero-order chi connectivity index (χ0) is 24.5. The quantitative estimate of drug-likeness (QED) is 0.672. The molecule has 182 valence electrons. The van der Waals surface area contributed by atoms with Crippen LogP contribution in [-0.2, 0) is 19.6 Å². The molecule has 0 saturated carbocycles. The molecule has 2 amide bonds. The monoisotopic (exact) mass is 487 g/mol. The van der Waals surface area contributed by atoms with Gasteiger partial charge in [-0.2, -0.15) is 4.31 Å². The van der Waals surface area contributed by atoms with Crippen molar-refractivity contribution in [3.63, 3.8) is 0 Å². The maximum atomic E-state index is 13.6. The van der Waals surface area contributed by atoms with Crippen LogP contribution in [0.2, 0.25) is 0 Å². The maximum Gasteiger partial charge on any atom is 0.262 e. The smallest absolute Gasteiger partial charge is 0.262 e. The van der Waals surface area contributed by atoms with Crippen molar-refractivity contribution in [1.82, 2.24) is 4.31 Å². The number of ether oxygens (including phenoxy) is 2. The number of carbonyl (C=O) groups is 2. The first-order valence-corrected chi connectivity index (χ1v) is 12.7. The highest BCUT2D eigenvalue weighted by atomic mass is 32.2. The van der Waals surface area contributed by atoms with Crippen LogP contribution >= 0.6 is 0 Å². The third-order valence-corrected chi connectivity index (χ3v) is 8.23. The van der Waals surface area contributed by atoms with Gasteiger partial charge in [0.1, 0.15) is 11.5 Å². The molecule has 0 radical (unpaired) electrons. The van der Waals surface area contributed by atoms with Gasteiger partial charge in [-0.15, -0.1) is 0 Å². The second-order valence-corrected chi connectivity index (χ2v) is 10.3. The Balaban J connectivity index is 1.56. The first kappa shape index (κ1) is 24.0. The summed E-state index contributed by atoms with van der Waals surface area (Å²) < 4.78 is 39.1. The molecule has 9 nitrogen and oxygen atoms in total. The van der Waals surface area contributed by atoms with Gasteiger partial charge in [-0.3, -0.25) is 9.59 Å². The molecule has 2 aromatic rings. The first-order valence-electron chi connectivity index (χ1n) is 11.3. The number of rotatable bonds is 6. The summed E-state index contributed by atoms with van der Waals surface area (Å²) in [6.07, 6.45) is 1.21. The number of carbonyl (C=O) groups excluding carboxylic acids is 2. The highest BCUT2D eigenvalue weighted by molar-refractivity contribution is 7.89. The lowest BCUT2D eigenvalue weighted by atomic mass is 9.97. The lowest BCUT2D eigenvalue weighted by molar-refractivity contribution is -0.123. The fraction of sp³-hybridized carbons (Fsp3) is 0.417. The van der Waals surface area contributed by atoms with Crippen LogP contribution in [0, 0.1) is 12.8 Å². The number of sulfonamides is 1. The van der Waals surface area contributed by atoms with Crippen molar-refractivity contribution in [2.24, 2.45) is 5.92 Å². The molecule has 0 spiro atoms. The summed E-state index contributed by atoms with van der Waals surface area (Å²) >= 11 is 0. The Morgan fingerprint density at radius 2 is 2.00 bits per heavy atom. The number of methoxy groups -OCH3 is 1. The summed E-state index contributed by atoms with van der Waals surface area (Å²) in [6.45, 7) is 4.35. The minimum absolute atomic E-state index is 0.0965. The van der Waals surface area contributed by atoms with Gasteiger partial charge >= 0.3 is 0 Å². The van der Waals surface area contributed by atoms with E-state index in [4.69, 9.17) is 9.47 Å². The molecule has 0 aliphatic carbocycles. The van der Waals surface area contributed by atoms with Gasteiger partial charge in [-0.1, -0.05) is 0 Å². The van der Waals surface area contributed by atoms with E-state index in [2.05, 4.69) is 5.32 Å². The Bertz CT molecular complexity index is 1200. The number of nitrogens with zero attached hydrogens (tertiary/aromatic N) is 2. The molecule has 1 N–H and O–H groups in total. The van der Waals surface area contributed by atoms with Gasteiger partial charge in [0.25, 0.3) is 5.91 Å². The second-order valence-electron chi connectivity index (χ2n) is 8.43. The molecule has 0 bridgehead atoms. The fourth-order valence-corrected chi connectivity index (χ4v) is 6.19. The van der Waals surface area contributed by atoms with Gasteiger partial charge in [-0.25, -0.2) is 8.42 Å². The SMILES string of the molecule is CCN(C(=O)[C@H]1CCCN(S(=O)(=O)c2cc3c(cc2C)NC(=O)CO3)C1)c1ccc(OC)cc1. The molecule has 1 atom stereocenters. The zero-order valence-electron chi connectivity index (χ0n) is 19.5. The second kappa shape index (κ2) is 9.63. The van der Waals surface area contributed by atoms with Crippen LogP contribution in [0.5, 0.6) is 11.5 Å². The van der Waals surface area contributed by atoms with E-state index in [1.54, 1.807) is 37.1 Å². The summed E-state index contributed by atoms with van der Waals surface area (Å²) in [7, 11) is -2.27. The van der Waals surface area contributed by atoms with Gasteiger partial charge in [0.2, 0.25) is 15.9 Å². The average molecular weight is 488 g/mol. The van der Waals surface area contributed by atoms with Crippen LogP contribution in [0.4, 0.5) is 11.4 Å². The van der Waals surface area contributed by atoms with Gasteiger partial charge < -0.3 is 19.7 Å². The van der Waals surface area contributed by atoms with Crippen molar-refractivity contribution in [2.45, 2.75) is 31.6 Å². The van der Waals surface area contributed by atoms with Crippen molar-refractivity contribution in [3.05, 3.63) is 42.0 Å². The molecule has 1 saturated heterocycles. The minimum atomic E-state index is -3.86. The summed E-state index contributed by atoms with van der Waals surface area (Å²) in [5, 5.41) is 2.69. The van der Waals surface area contributed by atoms with Crippen LogP contribution < -0.4 is 19.7 Å². The number of fused-ring (bicyclic) bond motifs is 1. The number of hydrogen-bond donors (Lipinski definition) is 1. The van der Waals surface area contributed by atoms with Crippen molar-refractivity contribution in [3.8, 4) is 11.5 Å². The number of aryl methyl sites for hydroxylation is 1. The summed E-state index contributed by atoms with van der Waals surface area (Å²) in [5.74, 6) is 0.202. The number of amides is 2. The van der Waals surface area contributed by atoms with Gasteiger partial charge in [0.15, 0.2) is 6.61 Å². The molecule has 2 aliphatic heterocycles. The molecule has 0 aromatic heterocycles. The van der Waals surface area contributed by atoms with Gasteiger partial charge in [0.05, 0.1) is 23.6 Å². The molecule has 2 aromatic carbocycles. The van der Waals surface area contributed by atoms with E-state index in [0.717, 1.165) is 5.69 Å². The Labute approximate surface area is 199 Å². The van der Waals surface area contributed by atoms with Gasteiger partial charge in [0, 0.05) is 31.4 Å². The fourth-order valence-electron chi connectivity index (χ4n) is 4.44. The van der Waals surface area contributed by atoms with Crippen LogP contribution in [-0.4, -0.2) is 57.9 Å². The lowest BCUT2D eigenvalue weighted by Gasteiger charge is -2.34. The molecule has 10 heteroatoms. The van der Waals surface area contributed by atoms with Crippen molar-refractivity contribution in [1.29, 1.82) is 0 Å². The van der Waals surface area contributed by atoms with Crippen molar-refractivity contribution >= 4 is 33.2 Å². The van der Waals surface area contributed by atoms with Crippen LogP contribution in [0.15, 0.2) is 41.3 Å².